The van der Waals surface area contributed by atoms with E-state index in [2.05, 4.69) is 30.7 Å². The quantitative estimate of drug-likeness (QED) is 0.514. The number of pyridine rings is 1. The van der Waals surface area contributed by atoms with E-state index < -0.39 is 11.7 Å². The van der Waals surface area contributed by atoms with Gasteiger partial charge in [-0.25, -0.2) is 15.0 Å². The van der Waals surface area contributed by atoms with E-state index in [1.54, 1.807) is 18.0 Å². The number of aromatic nitrogens is 5. The highest BCUT2D eigenvalue weighted by Crippen LogP contribution is 2.32. The Morgan fingerprint density at radius 1 is 1.19 bits per heavy atom. The Balaban J connectivity index is 2.00. The van der Waals surface area contributed by atoms with Gasteiger partial charge in [0.1, 0.15) is 11.6 Å². The minimum atomic E-state index is -3.28. The van der Waals surface area contributed by atoms with Crippen LogP contribution in [0, 0.1) is 0 Å². The molecule has 12 heteroatoms. The molecule has 0 atom stereocenters. The SMILES string of the molecule is COCCn1cc(-c2cc(Nc3cc(NC(C)=O)ncc3OC)nc(C(C)(F)F)n2)cn1. The van der Waals surface area contributed by atoms with Crippen molar-refractivity contribution in [3.05, 3.63) is 36.5 Å². The molecular weight excluding hydrogens is 424 g/mol. The van der Waals surface area contributed by atoms with E-state index >= 15 is 0 Å². The van der Waals surface area contributed by atoms with Crippen LogP contribution in [0.5, 0.6) is 5.75 Å². The van der Waals surface area contributed by atoms with Crippen LogP contribution in [0.25, 0.3) is 11.3 Å². The lowest BCUT2D eigenvalue weighted by atomic mass is 10.2. The molecule has 2 N–H and O–H groups in total. The van der Waals surface area contributed by atoms with Gasteiger partial charge < -0.3 is 20.1 Å². The van der Waals surface area contributed by atoms with Crippen molar-refractivity contribution < 1.29 is 23.0 Å². The number of nitrogens with zero attached hydrogens (tertiary/aromatic N) is 5. The smallest absolute Gasteiger partial charge is 0.303 e. The Kier molecular flexibility index (Phi) is 6.93. The molecule has 0 aliphatic heterocycles. The van der Waals surface area contributed by atoms with Crippen LogP contribution in [0.15, 0.2) is 30.7 Å². The largest absolute Gasteiger partial charge is 0.493 e. The minimum absolute atomic E-state index is 0.106. The maximum atomic E-state index is 14.1. The molecule has 0 saturated heterocycles. The van der Waals surface area contributed by atoms with Crippen LogP contribution in [-0.2, 0) is 22.0 Å². The topological polar surface area (TPSA) is 116 Å². The molecule has 3 aromatic rings. The summed E-state index contributed by atoms with van der Waals surface area (Å²) in [6.45, 7) is 3.02. The van der Waals surface area contributed by atoms with Gasteiger partial charge in [-0.2, -0.15) is 13.9 Å². The molecule has 0 unspecified atom stereocenters. The molecule has 1 amide bonds. The first-order chi connectivity index (χ1) is 15.2. The van der Waals surface area contributed by atoms with Crippen molar-refractivity contribution >= 4 is 23.2 Å². The average Bonchev–Trinajstić information content (AvgIpc) is 3.20. The Morgan fingerprint density at radius 3 is 2.62 bits per heavy atom. The highest BCUT2D eigenvalue weighted by atomic mass is 19.3. The summed E-state index contributed by atoms with van der Waals surface area (Å²) in [6, 6.07) is 3.03. The van der Waals surface area contributed by atoms with Gasteiger partial charge in [0.2, 0.25) is 11.7 Å². The highest BCUT2D eigenvalue weighted by Gasteiger charge is 2.29. The van der Waals surface area contributed by atoms with Crippen molar-refractivity contribution in [1.82, 2.24) is 24.7 Å². The highest BCUT2D eigenvalue weighted by molar-refractivity contribution is 5.88. The molecule has 0 aromatic carbocycles. The first-order valence-corrected chi connectivity index (χ1v) is 9.57. The zero-order valence-corrected chi connectivity index (χ0v) is 18.0. The molecule has 32 heavy (non-hydrogen) atoms. The molecule has 3 heterocycles. The van der Waals surface area contributed by atoms with E-state index in [9.17, 15) is 13.6 Å². The van der Waals surface area contributed by atoms with Gasteiger partial charge >= 0.3 is 5.92 Å². The van der Waals surface area contributed by atoms with E-state index in [1.807, 2.05) is 0 Å². The molecule has 10 nitrogen and oxygen atoms in total. The van der Waals surface area contributed by atoms with Crippen molar-refractivity contribution in [3.63, 3.8) is 0 Å². The lowest BCUT2D eigenvalue weighted by Gasteiger charge is -2.15. The number of carbonyl (C=O) groups is 1. The third kappa shape index (κ3) is 5.72. The first kappa shape index (κ1) is 23.0. The number of alkyl halides is 2. The van der Waals surface area contributed by atoms with Crippen LogP contribution >= 0.6 is 0 Å². The summed E-state index contributed by atoms with van der Waals surface area (Å²) < 4.78 is 40.2. The summed E-state index contributed by atoms with van der Waals surface area (Å²) in [5, 5.41) is 9.71. The molecule has 3 rings (SSSR count). The molecule has 3 aromatic heterocycles. The fourth-order valence-corrected chi connectivity index (χ4v) is 2.75. The van der Waals surface area contributed by atoms with Gasteiger partial charge in [-0.1, -0.05) is 0 Å². The van der Waals surface area contributed by atoms with E-state index in [-0.39, 0.29) is 23.2 Å². The van der Waals surface area contributed by atoms with Gasteiger partial charge in [0.25, 0.3) is 0 Å². The van der Waals surface area contributed by atoms with Crippen LogP contribution in [0.2, 0.25) is 0 Å². The lowest BCUT2D eigenvalue weighted by Crippen LogP contribution is -2.14. The minimum Gasteiger partial charge on any atom is -0.493 e. The summed E-state index contributed by atoms with van der Waals surface area (Å²) in [7, 11) is 3.01. The number of rotatable bonds is 9. The summed E-state index contributed by atoms with van der Waals surface area (Å²) in [5.74, 6) is -3.54. The summed E-state index contributed by atoms with van der Waals surface area (Å²) in [6.07, 6.45) is 4.61. The zero-order valence-electron chi connectivity index (χ0n) is 18.0. The number of nitrogens with one attached hydrogen (secondary N) is 2. The fourth-order valence-electron chi connectivity index (χ4n) is 2.75. The fraction of sp³-hybridized carbons (Fsp3) is 0.350. The molecule has 0 bridgehead atoms. The van der Waals surface area contributed by atoms with Gasteiger partial charge in [0.15, 0.2) is 5.75 Å². The van der Waals surface area contributed by atoms with Crippen molar-refractivity contribution in [3.8, 4) is 17.0 Å². The average molecular weight is 447 g/mol. The van der Waals surface area contributed by atoms with Crippen LogP contribution in [0.1, 0.15) is 19.7 Å². The summed E-state index contributed by atoms with van der Waals surface area (Å²) in [5.41, 5.74) is 1.17. The predicted molar refractivity (Wildman–Crippen MR) is 113 cm³/mol. The summed E-state index contributed by atoms with van der Waals surface area (Å²) in [4.78, 5) is 23.4. The van der Waals surface area contributed by atoms with Crippen molar-refractivity contribution in [2.45, 2.75) is 26.3 Å². The van der Waals surface area contributed by atoms with Crippen LogP contribution in [0.3, 0.4) is 0 Å². The van der Waals surface area contributed by atoms with Crippen molar-refractivity contribution in [2.24, 2.45) is 0 Å². The second-order valence-corrected chi connectivity index (χ2v) is 6.91. The molecular formula is C20H23F2N7O3. The zero-order chi connectivity index (χ0) is 23.3. The number of halogens is 2. The van der Waals surface area contributed by atoms with E-state index in [1.165, 1.54) is 38.6 Å². The van der Waals surface area contributed by atoms with E-state index in [0.29, 0.717) is 30.2 Å². The molecule has 170 valence electrons. The second-order valence-electron chi connectivity index (χ2n) is 6.91. The summed E-state index contributed by atoms with van der Waals surface area (Å²) >= 11 is 0. The van der Waals surface area contributed by atoms with Crippen LogP contribution in [-0.4, -0.2) is 51.5 Å². The maximum absolute atomic E-state index is 14.1. The van der Waals surface area contributed by atoms with Gasteiger partial charge in [-0.05, 0) is 0 Å². The number of carbonyl (C=O) groups excluding carboxylic acids is 1. The number of hydrogen-bond acceptors (Lipinski definition) is 8. The monoisotopic (exact) mass is 447 g/mol. The third-order valence-corrected chi connectivity index (χ3v) is 4.23. The number of amides is 1. The second kappa shape index (κ2) is 9.64. The van der Waals surface area contributed by atoms with Gasteiger partial charge in [0, 0.05) is 44.9 Å². The standard InChI is InChI=1S/C20H23F2N7O3/c1-12(30)25-17-8-15(16(32-4)10-23-17)26-18-7-14(27-19(28-18)20(2,21)22)13-9-24-29(11-13)5-6-31-3/h7-11H,5-6H2,1-4H3,(H2,23,25,26,27,28,30). The van der Waals surface area contributed by atoms with Gasteiger partial charge in [-0.3, -0.25) is 9.48 Å². The Labute approximate surface area is 183 Å². The van der Waals surface area contributed by atoms with E-state index in [0.717, 1.165) is 6.92 Å². The van der Waals surface area contributed by atoms with Crippen molar-refractivity contribution in [2.75, 3.05) is 31.5 Å². The third-order valence-electron chi connectivity index (χ3n) is 4.23. The van der Waals surface area contributed by atoms with Crippen LogP contribution in [0.4, 0.5) is 26.1 Å². The Hall–Kier alpha value is -3.67. The Morgan fingerprint density at radius 2 is 1.97 bits per heavy atom. The number of anilines is 3. The van der Waals surface area contributed by atoms with Crippen LogP contribution < -0.4 is 15.4 Å². The van der Waals surface area contributed by atoms with Crippen molar-refractivity contribution in [1.29, 1.82) is 0 Å². The molecule has 0 aliphatic rings. The normalized spacial score (nSPS) is 11.3. The van der Waals surface area contributed by atoms with Gasteiger partial charge in [0.05, 0.1) is 44.0 Å². The number of ether oxygens (including phenoxy) is 2. The van der Waals surface area contributed by atoms with E-state index in [4.69, 9.17) is 9.47 Å². The lowest BCUT2D eigenvalue weighted by molar-refractivity contribution is -0.114. The predicted octanol–water partition coefficient (Wildman–Crippen LogP) is 3.20. The maximum Gasteiger partial charge on any atom is 0.303 e. The molecule has 0 spiro atoms. The molecule has 0 aliphatic carbocycles. The first-order valence-electron chi connectivity index (χ1n) is 9.57. The molecule has 0 saturated carbocycles. The van der Waals surface area contributed by atoms with Gasteiger partial charge in [-0.15, -0.1) is 0 Å². The number of hydrogen-bond donors (Lipinski definition) is 2. The Bertz CT molecular complexity index is 1100. The molecule has 0 radical (unpaired) electrons. The molecule has 0 fully saturated rings. The number of methoxy groups -OCH3 is 2.